The SMILES string of the molecule is CCOC(=O)NCCNC(=O)Cc1ccc(Br)s1. The molecule has 2 amide bonds. The van der Waals surface area contributed by atoms with Crippen LogP contribution in [0.5, 0.6) is 0 Å². The Balaban J connectivity index is 2.12. The van der Waals surface area contributed by atoms with Gasteiger partial charge in [-0.05, 0) is 35.0 Å². The van der Waals surface area contributed by atoms with Gasteiger partial charge in [0, 0.05) is 18.0 Å². The zero-order valence-corrected chi connectivity index (χ0v) is 12.4. The van der Waals surface area contributed by atoms with Crippen LogP contribution < -0.4 is 10.6 Å². The van der Waals surface area contributed by atoms with E-state index in [0.29, 0.717) is 26.1 Å². The van der Waals surface area contributed by atoms with Crippen LogP contribution in [0, 0.1) is 0 Å². The Morgan fingerprint density at radius 1 is 1.33 bits per heavy atom. The van der Waals surface area contributed by atoms with Gasteiger partial charge in [-0.1, -0.05) is 0 Å². The topological polar surface area (TPSA) is 67.4 Å². The van der Waals surface area contributed by atoms with Crippen molar-refractivity contribution in [1.82, 2.24) is 10.6 Å². The molecular formula is C11H15BrN2O3S. The third-order valence-corrected chi connectivity index (χ3v) is 3.58. The molecule has 0 radical (unpaired) electrons. The van der Waals surface area contributed by atoms with Crippen molar-refractivity contribution >= 4 is 39.3 Å². The number of amides is 2. The van der Waals surface area contributed by atoms with Crippen LogP contribution in [0.15, 0.2) is 15.9 Å². The minimum Gasteiger partial charge on any atom is -0.450 e. The van der Waals surface area contributed by atoms with Crippen molar-refractivity contribution in [2.75, 3.05) is 19.7 Å². The van der Waals surface area contributed by atoms with E-state index in [1.807, 2.05) is 12.1 Å². The van der Waals surface area contributed by atoms with Gasteiger partial charge in [0.25, 0.3) is 0 Å². The van der Waals surface area contributed by atoms with E-state index in [1.54, 1.807) is 6.92 Å². The first kappa shape index (κ1) is 15.0. The third kappa shape index (κ3) is 6.02. The maximum absolute atomic E-state index is 11.5. The molecule has 0 saturated carbocycles. The Hall–Kier alpha value is -1.08. The number of carbonyl (C=O) groups is 2. The highest BCUT2D eigenvalue weighted by Crippen LogP contribution is 2.22. The summed E-state index contributed by atoms with van der Waals surface area (Å²) >= 11 is 4.87. The van der Waals surface area contributed by atoms with Crippen molar-refractivity contribution < 1.29 is 14.3 Å². The van der Waals surface area contributed by atoms with Gasteiger partial charge >= 0.3 is 6.09 Å². The minimum atomic E-state index is -0.464. The van der Waals surface area contributed by atoms with Crippen LogP contribution >= 0.6 is 27.3 Å². The summed E-state index contributed by atoms with van der Waals surface area (Å²) < 4.78 is 5.69. The highest BCUT2D eigenvalue weighted by molar-refractivity contribution is 9.11. The van der Waals surface area contributed by atoms with E-state index in [9.17, 15) is 9.59 Å². The molecule has 5 nitrogen and oxygen atoms in total. The van der Waals surface area contributed by atoms with Crippen molar-refractivity contribution in [2.24, 2.45) is 0 Å². The van der Waals surface area contributed by atoms with Gasteiger partial charge in [0.1, 0.15) is 0 Å². The second-order valence-electron chi connectivity index (χ2n) is 3.38. The first-order valence-corrected chi connectivity index (χ1v) is 7.14. The lowest BCUT2D eigenvalue weighted by Crippen LogP contribution is -2.35. The number of nitrogens with one attached hydrogen (secondary N) is 2. The fourth-order valence-corrected chi connectivity index (χ4v) is 2.70. The fourth-order valence-electron chi connectivity index (χ4n) is 1.22. The van der Waals surface area contributed by atoms with Crippen LogP contribution in [-0.2, 0) is 16.0 Å². The van der Waals surface area contributed by atoms with E-state index in [0.717, 1.165) is 8.66 Å². The normalized spacial score (nSPS) is 9.89. The molecule has 0 saturated heterocycles. The summed E-state index contributed by atoms with van der Waals surface area (Å²) in [6, 6.07) is 3.82. The molecule has 0 aliphatic rings. The standard InChI is InChI=1S/C11H15BrN2O3S/c1-2-17-11(16)14-6-5-13-10(15)7-8-3-4-9(12)18-8/h3-4H,2,5-7H2,1H3,(H,13,15)(H,14,16). The molecule has 2 N–H and O–H groups in total. The molecule has 7 heteroatoms. The second kappa shape index (κ2) is 8.10. The smallest absolute Gasteiger partial charge is 0.407 e. The molecule has 0 bridgehead atoms. The summed E-state index contributed by atoms with van der Waals surface area (Å²) in [6.07, 6.45) is -0.107. The van der Waals surface area contributed by atoms with E-state index in [4.69, 9.17) is 0 Å². The largest absolute Gasteiger partial charge is 0.450 e. The number of rotatable bonds is 6. The highest BCUT2D eigenvalue weighted by atomic mass is 79.9. The van der Waals surface area contributed by atoms with Crippen molar-refractivity contribution in [2.45, 2.75) is 13.3 Å². The summed E-state index contributed by atoms with van der Waals surface area (Å²) in [6.45, 7) is 2.83. The highest BCUT2D eigenvalue weighted by Gasteiger charge is 2.05. The lowest BCUT2D eigenvalue weighted by molar-refractivity contribution is -0.120. The van der Waals surface area contributed by atoms with Gasteiger partial charge in [-0.2, -0.15) is 0 Å². The van der Waals surface area contributed by atoms with E-state index in [1.165, 1.54) is 11.3 Å². The Morgan fingerprint density at radius 2 is 2.06 bits per heavy atom. The lowest BCUT2D eigenvalue weighted by atomic mass is 10.3. The molecule has 0 aliphatic carbocycles. The number of hydrogen-bond donors (Lipinski definition) is 2. The van der Waals surface area contributed by atoms with Gasteiger partial charge in [-0.15, -0.1) is 11.3 Å². The molecule has 1 heterocycles. The van der Waals surface area contributed by atoms with Gasteiger partial charge in [-0.3, -0.25) is 4.79 Å². The number of thiophene rings is 1. The molecule has 1 aromatic heterocycles. The average Bonchev–Trinajstić information content (AvgIpc) is 2.70. The quantitative estimate of drug-likeness (QED) is 0.781. The fraction of sp³-hybridized carbons (Fsp3) is 0.455. The summed E-state index contributed by atoms with van der Waals surface area (Å²) in [5.74, 6) is -0.0602. The van der Waals surface area contributed by atoms with Crippen LogP contribution in [0.2, 0.25) is 0 Å². The molecule has 1 aromatic rings. The molecule has 0 atom stereocenters. The first-order valence-electron chi connectivity index (χ1n) is 5.53. The molecule has 0 aliphatic heterocycles. The average molecular weight is 335 g/mol. The molecule has 0 aromatic carbocycles. The maximum atomic E-state index is 11.5. The number of ether oxygens (including phenoxy) is 1. The zero-order chi connectivity index (χ0) is 13.4. The zero-order valence-electron chi connectivity index (χ0n) is 9.99. The Morgan fingerprint density at radius 3 is 2.67 bits per heavy atom. The monoisotopic (exact) mass is 334 g/mol. The van der Waals surface area contributed by atoms with E-state index in [2.05, 4.69) is 31.3 Å². The van der Waals surface area contributed by atoms with E-state index < -0.39 is 6.09 Å². The van der Waals surface area contributed by atoms with Crippen LogP contribution in [0.3, 0.4) is 0 Å². The van der Waals surface area contributed by atoms with Gasteiger partial charge < -0.3 is 15.4 Å². The van der Waals surface area contributed by atoms with Crippen LogP contribution in [0.4, 0.5) is 4.79 Å². The van der Waals surface area contributed by atoms with Gasteiger partial charge in [-0.25, -0.2) is 4.79 Å². The van der Waals surface area contributed by atoms with E-state index >= 15 is 0 Å². The molecule has 18 heavy (non-hydrogen) atoms. The summed E-state index contributed by atoms with van der Waals surface area (Å²) in [5.41, 5.74) is 0. The van der Waals surface area contributed by atoms with Crippen molar-refractivity contribution in [3.63, 3.8) is 0 Å². The lowest BCUT2D eigenvalue weighted by Gasteiger charge is -2.06. The summed E-state index contributed by atoms with van der Waals surface area (Å²) in [4.78, 5) is 23.5. The van der Waals surface area contributed by atoms with E-state index in [-0.39, 0.29) is 5.91 Å². The molecule has 1 rings (SSSR count). The van der Waals surface area contributed by atoms with Crippen molar-refractivity contribution in [3.05, 3.63) is 20.8 Å². The predicted octanol–water partition coefficient (Wildman–Crippen LogP) is 1.92. The van der Waals surface area contributed by atoms with Crippen LogP contribution in [0.25, 0.3) is 0 Å². The van der Waals surface area contributed by atoms with Crippen LogP contribution in [0.1, 0.15) is 11.8 Å². The Bertz CT molecular complexity index is 409. The second-order valence-corrected chi connectivity index (χ2v) is 5.93. The number of carbonyl (C=O) groups excluding carboxylic acids is 2. The third-order valence-electron chi connectivity index (χ3n) is 1.96. The van der Waals surface area contributed by atoms with Gasteiger partial charge in [0.15, 0.2) is 0 Å². The Labute approximate surface area is 118 Å². The minimum absolute atomic E-state index is 0.0602. The molecule has 0 unspecified atom stereocenters. The number of hydrogen-bond acceptors (Lipinski definition) is 4. The summed E-state index contributed by atoms with van der Waals surface area (Å²) in [5, 5.41) is 5.25. The Kier molecular flexibility index (Phi) is 6.74. The van der Waals surface area contributed by atoms with Gasteiger partial charge in [0.2, 0.25) is 5.91 Å². The first-order chi connectivity index (χ1) is 8.61. The molecule has 0 fully saturated rings. The van der Waals surface area contributed by atoms with Crippen molar-refractivity contribution in [1.29, 1.82) is 0 Å². The molecule has 100 valence electrons. The predicted molar refractivity (Wildman–Crippen MR) is 73.8 cm³/mol. The summed E-state index contributed by atoms with van der Waals surface area (Å²) in [7, 11) is 0. The molecule has 0 spiro atoms. The van der Waals surface area contributed by atoms with Crippen LogP contribution in [-0.4, -0.2) is 31.7 Å². The van der Waals surface area contributed by atoms with Gasteiger partial charge in [0.05, 0.1) is 16.8 Å². The molecular weight excluding hydrogens is 320 g/mol. The maximum Gasteiger partial charge on any atom is 0.407 e. The number of alkyl carbamates (subject to hydrolysis) is 1. The van der Waals surface area contributed by atoms with Crippen molar-refractivity contribution in [3.8, 4) is 0 Å². The number of halogens is 1.